The molecule has 1 rings (SSSR count). The first kappa shape index (κ1) is 16.9. The van der Waals surface area contributed by atoms with Crippen LogP contribution in [0.5, 0.6) is 11.5 Å². The Balaban J connectivity index is 3.06. The van der Waals surface area contributed by atoms with E-state index in [4.69, 9.17) is 5.84 Å². The van der Waals surface area contributed by atoms with Crippen LogP contribution in [0.1, 0.15) is 5.56 Å². The standard InChI is InChI=1S/C11H10F6N2O2/c1-20-8-4-6(5-19-18)2-3-7(8)21-11(16,17)9(12)10(13,14)15/h2-5,9H,18H2,1H3. The van der Waals surface area contributed by atoms with E-state index in [-0.39, 0.29) is 5.75 Å². The predicted octanol–water partition coefficient (Wildman–Crippen LogP) is 2.86. The van der Waals surface area contributed by atoms with Gasteiger partial charge in [-0.1, -0.05) is 0 Å². The van der Waals surface area contributed by atoms with E-state index in [0.29, 0.717) is 5.56 Å². The highest BCUT2D eigenvalue weighted by Gasteiger charge is 2.59. The summed E-state index contributed by atoms with van der Waals surface area (Å²) in [4.78, 5) is 0. The van der Waals surface area contributed by atoms with Crippen molar-refractivity contribution >= 4 is 6.21 Å². The zero-order chi connectivity index (χ0) is 16.3. The molecule has 0 aromatic heterocycles. The van der Waals surface area contributed by atoms with Crippen LogP contribution in [0.4, 0.5) is 26.3 Å². The van der Waals surface area contributed by atoms with Gasteiger partial charge in [0.1, 0.15) is 0 Å². The molecule has 1 unspecified atom stereocenters. The number of nitrogens with zero attached hydrogens (tertiary/aromatic N) is 1. The Morgan fingerprint density at radius 1 is 1.19 bits per heavy atom. The fourth-order valence-electron chi connectivity index (χ4n) is 1.32. The Hall–Kier alpha value is -2.13. The molecular weight excluding hydrogens is 306 g/mol. The number of benzene rings is 1. The summed E-state index contributed by atoms with van der Waals surface area (Å²) in [5.41, 5.74) is 0.317. The van der Waals surface area contributed by atoms with Crippen molar-refractivity contribution in [2.75, 3.05) is 7.11 Å². The number of hydrazone groups is 1. The first-order valence-electron chi connectivity index (χ1n) is 5.30. The van der Waals surface area contributed by atoms with Gasteiger partial charge in [-0.25, -0.2) is 4.39 Å². The largest absolute Gasteiger partial charge is 0.493 e. The van der Waals surface area contributed by atoms with Gasteiger partial charge in [0.2, 0.25) is 0 Å². The van der Waals surface area contributed by atoms with Crippen LogP contribution in [0.3, 0.4) is 0 Å². The third kappa shape index (κ3) is 4.17. The highest BCUT2D eigenvalue weighted by molar-refractivity contribution is 5.80. The van der Waals surface area contributed by atoms with Gasteiger partial charge in [0.15, 0.2) is 11.5 Å². The molecule has 10 heteroatoms. The highest BCUT2D eigenvalue weighted by Crippen LogP contribution is 2.39. The van der Waals surface area contributed by atoms with Crippen molar-refractivity contribution in [3.05, 3.63) is 23.8 Å². The summed E-state index contributed by atoms with van der Waals surface area (Å²) in [5, 5.41) is 3.17. The van der Waals surface area contributed by atoms with Crippen LogP contribution < -0.4 is 15.3 Å². The van der Waals surface area contributed by atoms with Gasteiger partial charge in [-0.05, 0) is 23.8 Å². The lowest BCUT2D eigenvalue weighted by atomic mass is 10.2. The third-order valence-electron chi connectivity index (χ3n) is 2.24. The zero-order valence-corrected chi connectivity index (χ0v) is 10.5. The van der Waals surface area contributed by atoms with Crippen LogP contribution >= 0.6 is 0 Å². The van der Waals surface area contributed by atoms with Crippen LogP contribution in [0.15, 0.2) is 23.3 Å². The predicted molar refractivity (Wildman–Crippen MR) is 61.3 cm³/mol. The van der Waals surface area contributed by atoms with Crippen molar-refractivity contribution in [3.8, 4) is 11.5 Å². The number of nitrogens with two attached hydrogens (primary N) is 1. The summed E-state index contributed by atoms with van der Waals surface area (Å²) in [6, 6.07) is 3.18. The Bertz CT molecular complexity index is 518. The molecular formula is C11H10F6N2O2. The molecule has 0 aliphatic rings. The maximum absolute atomic E-state index is 13.1. The average Bonchev–Trinajstić information content (AvgIpc) is 2.38. The number of ether oxygens (including phenoxy) is 2. The number of methoxy groups -OCH3 is 1. The number of rotatable bonds is 5. The van der Waals surface area contributed by atoms with E-state index in [1.165, 1.54) is 6.07 Å². The van der Waals surface area contributed by atoms with Crippen molar-refractivity contribution < 1.29 is 35.8 Å². The summed E-state index contributed by atoms with van der Waals surface area (Å²) in [6.45, 7) is 0. The molecule has 0 radical (unpaired) electrons. The maximum Gasteiger partial charge on any atom is 0.439 e. The summed E-state index contributed by atoms with van der Waals surface area (Å²) in [7, 11) is 1.07. The van der Waals surface area contributed by atoms with Gasteiger partial charge in [-0.15, -0.1) is 0 Å². The lowest BCUT2D eigenvalue weighted by molar-refractivity contribution is -0.305. The fraction of sp³-hybridized carbons (Fsp3) is 0.364. The lowest BCUT2D eigenvalue weighted by Crippen LogP contribution is -2.45. The smallest absolute Gasteiger partial charge is 0.439 e. The molecule has 118 valence electrons. The van der Waals surface area contributed by atoms with Gasteiger partial charge in [-0.2, -0.15) is 27.1 Å². The van der Waals surface area contributed by atoms with E-state index in [2.05, 4.69) is 14.6 Å². The molecule has 0 saturated heterocycles. The summed E-state index contributed by atoms with van der Waals surface area (Å²) in [5.74, 6) is 3.79. The normalized spacial score (nSPS) is 14.2. The molecule has 0 fully saturated rings. The molecule has 21 heavy (non-hydrogen) atoms. The molecule has 4 nitrogen and oxygen atoms in total. The van der Waals surface area contributed by atoms with Crippen molar-refractivity contribution in [1.82, 2.24) is 0 Å². The molecule has 0 aliphatic heterocycles. The average molecular weight is 316 g/mol. The first-order chi connectivity index (χ1) is 9.61. The Kier molecular flexibility index (Phi) is 4.92. The van der Waals surface area contributed by atoms with Crippen molar-refractivity contribution in [3.63, 3.8) is 0 Å². The minimum absolute atomic E-state index is 0.317. The van der Waals surface area contributed by atoms with Crippen LogP contribution in [-0.4, -0.2) is 31.8 Å². The van der Waals surface area contributed by atoms with Crippen LogP contribution in [0.2, 0.25) is 0 Å². The van der Waals surface area contributed by atoms with Gasteiger partial charge in [0.25, 0.3) is 6.17 Å². The molecule has 1 atom stereocenters. The number of hydrogen-bond donors (Lipinski definition) is 1. The van der Waals surface area contributed by atoms with Crippen molar-refractivity contribution in [2.45, 2.75) is 18.5 Å². The number of hydrogen-bond acceptors (Lipinski definition) is 4. The molecule has 2 N–H and O–H groups in total. The quantitative estimate of drug-likeness (QED) is 0.393. The topological polar surface area (TPSA) is 56.8 Å². The van der Waals surface area contributed by atoms with Crippen LogP contribution in [-0.2, 0) is 0 Å². The van der Waals surface area contributed by atoms with Gasteiger partial charge < -0.3 is 15.3 Å². The van der Waals surface area contributed by atoms with Crippen LogP contribution in [0.25, 0.3) is 0 Å². The molecule has 1 aromatic rings. The maximum atomic E-state index is 13.1. The Labute approximate surface area is 115 Å². The first-order valence-corrected chi connectivity index (χ1v) is 5.30. The van der Waals surface area contributed by atoms with E-state index in [9.17, 15) is 26.3 Å². The molecule has 0 bridgehead atoms. The van der Waals surface area contributed by atoms with Crippen LogP contribution in [0, 0.1) is 0 Å². The zero-order valence-electron chi connectivity index (χ0n) is 10.5. The monoisotopic (exact) mass is 316 g/mol. The Morgan fingerprint density at radius 2 is 1.81 bits per heavy atom. The van der Waals surface area contributed by atoms with Gasteiger partial charge in [-0.3, -0.25) is 0 Å². The van der Waals surface area contributed by atoms with E-state index in [0.717, 1.165) is 25.5 Å². The van der Waals surface area contributed by atoms with E-state index in [1.54, 1.807) is 0 Å². The molecule has 1 aromatic carbocycles. The summed E-state index contributed by atoms with van der Waals surface area (Å²) in [6.07, 6.45) is -14.2. The molecule has 0 spiro atoms. The van der Waals surface area contributed by atoms with Gasteiger partial charge in [0, 0.05) is 0 Å². The minimum Gasteiger partial charge on any atom is -0.493 e. The number of alkyl halides is 6. The van der Waals surface area contributed by atoms with E-state index >= 15 is 0 Å². The highest BCUT2D eigenvalue weighted by atomic mass is 19.4. The molecule has 0 saturated carbocycles. The van der Waals surface area contributed by atoms with Crippen molar-refractivity contribution in [2.24, 2.45) is 10.9 Å². The second kappa shape index (κ2) is 6.10. The van der Waals surface area contributed by atoms with Gasteiger partial charge >= 0.3 is 12.3 Å². The Morgan fingerprint density at radius 3 is 2.29 bits per heavy atom. The lowest BCUT2D eigenvalue weighted by Gasteiger charge is -2.23. The van der Waals surface area contributed by atoms with Gasteiger partial charge in [0.05, 0.1) is 13.3 Å². The van der Waals surface area contributed by atoms with E-state index < -0.39 is 24.2 Å². The second-order valence-corrected chi connectivity index (χ2v) is 3.76. The second-order valence-electron chi connectivity index (χ2n) is 3.76. The number of halogens is 6. The summed E-state index contributed by atoms with van der Waals surface area (Å²) >= 11 is 0. The van der Waals surface area contributed by atoms with Crippen molar-refractivity contribution in [1.29, 1.82) is 0 Å². The van der Waals surface area contributed by atoms with E-state index in [1.807, 2.05) is 0 Å². The third-order valence-corrected chi connectivity index (χ3v) is 2.24. The molecule has 0 aliphatic carbocycles. The molecule has 0 amide bonds. The minimum atomic E-state index is -5.76. The molecule has 0 heterocycles. The fourth-order valence-corrected chi connectivity index (χ4v) is 1.32. The SMILES string of the molecule is COc1cc(C=NN)ccc1OC(F)(F)C(F)C(F)(F)F. The summed E-state index contributed by atoms with van der Waals surface area (Å²) < 4.78 is 83.5.